The van der Waals surface area contributed by atoms with Gasteiger partial charge < -0.3 is 9.84 Å². The molecule has 3 heteroatoms. The third-order valence-corrected chi connectivity index (χ3v) is 4.12. The third kappa shape index (κ3) is 4.72. The summed E-state index contributed by atoms with van der Waals surface area (Å²) in [6.07, 6.45) is 1.72. The predicted molar refractivity (Wildman–Crippen MR) is 103 cm³/mol. The molecule has 0 unspecified atom stereocenters. The summed E-state index contributed by atoms with van der Waals surface area (Å²) < 4.78 is 5.48. The number of benzene rings is 2. The molecule has 132 valence electrons. The molecule has 0 atom stereocenters. The molecule has 0 saturated carbocycles. The number of carboxylic acid groups (broad SMARTS) is 1. The number of carbonyl (C=O) groups is 1. The van der Waals surface area contributed by atoms with Crippen molar-refractivity contribution >= 4 is 17.6 Å². The lowest BCUT2D eigenvalue weighted by molar-refractivity contribution is -0.130. The Hall–Kier alpha value is -2.55. The molecule has 3 nitrogen and oxygen atoms in total. The van der Waals surface area contributed by atoms with Crippen LogP contribution < -0.4 is 4.74 Å². The summed E-state index contributed by atoms with van der Waals surface area (Å²) in [7, 11) is 0. The molecule has 0 aliphatic carbocycles. The lowest BCUT2D eigenvalue weighted by atomic mass is 9.86. The summed E-state index contributed by atoms with van der Waals surface area (Å²) in [6, 6.07) is 13.5. The van der Waals surface area contributed by atoms with Crippen molar-refractivity contribution in [3.05, 3.63) is 64.7 Å². The Kier molecular flexibility index (Phi) is 5.68. The number of rotatable bonds is 5. The van der Waals surface area contributed by atoms with Crippen LogP contribution in [0.5, 0.6) is 5.75 Å². The highest BCUT2D eigenvalue weighted by Gasteiger charge is 2.15. The van der Waals surface area contributed by atoms with Crippen LogP contribution in [-0.2, 0) is 10.2 Å². The largest absolute Gasteiger partial charge is 0.494 e. The molecule has 0 amide bonds. The van der Waals surface area contributed by atoms with Crippen molar-refractivity contribution < 1.29 is 14.6 Å². The van der Waals surface area contributed by atoms with Crippen LogP contribution in [0.15, 0.2) is 42.5 Å². The fourth-order valence-electron chi connectivity index (χ4n) is 2.70. The number of aliphatic carboxylic acids is 1. The molecule has 0 aliphatic rings. The van der Waals surface area contributed by atoms with Gasteiger partial charge in [-0.05, 0) is 59.7 Å². The Labute approximate surface area is 150 Å². The van der Waals surface area contributed by atoms with E-state index in [1.165, 1.54) is 5.56 Å². The summed E-state index contributed by atoms with van der Waals surface area (Å²) in [5.74, 6) is -0.185. The van der Waals surface area contributed by atoms with Crippen molar-refractivity contribution in [3.63, 3.8) is 0 Å². The van der Waals surface area contributed by atoms with Crippen molar-refractivity contribution in [1.29, 1.82) is 0 Å². The van der Waals surface area contributed by atoms with Crippen molar-refractivity contribution in [1.82, 2.24) is 0 Å². The smallest absolute Gasteiger partial charge is 0.336 e. The maximum atomic E-state index is 11.8. The zero-order valence-electron chi connectivity index (χ0n) is 15.6. The number of carboxylic acids is 1. The van der Waals surface area contributed by atoms with Gasteiger partial charge in [-0.3, -0.25) is 0 Å². The Morgan fingerprint density at radius 2 is 1.76 bits per heavy atom. The number of hydrogen-bond donors (Lipinski definition) is 1. The van der Waals surface area contributed by atoms with Crippen LogP contribution >= 0.6 is 0 Å². The summed E-state index contributed by atoms with van der Waals surface area (Å²) in [6.45, 7) is 10.9. The Morgan fingerprint density at radius 3 is 2.24 bits per heavy atom. The van der Waals surface area contributed by atoms with E-state index < -0.39 is 5.97 Å². The molecule has 0 fully saturated rings. The fourth-order valence-corrected chi connectivity index (χ4v) is 2.70. The molecular formula is C22H26O3. The van der Waals surface area contributed by atoms with Gasteiger partial charge in [0, 0.05) is 0 Å². The molecule has 0 spiro atoms. The number of hydrogen-bond acceptors (Lipinski definition) is 2. The standard InChI is InChI=1S/C22H26O3/c1-6-25-18-11-12-19(15(2)13-18)20(21(23)24)14-16-7-9-17(10-8-16)22(3,4)5/h7-14H,6H2,1-5H3,(H,23,24)/b20-14-. The molecular weight excluding hydrogens is 312 g/mol. The molecule has 0 saturated heterocycles. The molecule has 2 aromatic carbocycles. The molecule has 0 aliphatic heterocycles. The monoisotopic (exact) mass is 338 g/mol. The van der Waals surface area contributed by atoms with Crippen LogP contribution in [0.25, 0.3) is 11.6 Å². The first-order valence-electron chi connectivity index (χ1n) is 8.51. The Balaban J connectivity index is 2.41. The molecule has 25 heavy (non-hydrogen) atoms. The van der Waals surface area contributed by atoms with Crippen molar-refractivity contribution in [2.45, 2.75) is 40.0 Å². The van der Waals surface area contributed by atoms with Gasteiger partial charge in [0.25, 0.3) is 0 Å². The maximum Gasteiger partial charge on any atom is 0.336 e. The second-order valence-corrected chi connectivity index (χ2v) is 7.14. The summed E-state index contributed by atoms with van der Waals surface area (Å²) in [5.41, 5.74) is 4.03. The molecule has 0 bridgehead atoms. The molecule has 0 heterocycles. The highest BCUT2D eigenvalue weighted by atomic mass is 16.5. The van der Waals surface area contributed by atoms with E-state index in [1.54, 1.807) is 6.08 Å². The summed E-state index contributed by atoms with van der Waals surface area (Å²) >= 11 is 0. The lowest BCUT2D eigenvalue weighted by Gasteiger charge is -2.18. The molecule has 2 aromatic rings. The Bertz CT molecular complexity index is 778. The molecule has 0 aromatic heterocycles. The molecule has 2 rings (SSSR count). The molecule has 1 N–H and O–H groups in total. The highest BCUT2D eigenvalue weighted by molar-refractivity contribution is 6.21. The minimum Gasteiger partial charge on any atom is -0.494 e. The first kappa shape index (κ1) is 18.8. The minimum absolute atomic E-state index is 0.0730. The van der Waals surface area contributed by atoms with E-state index in [2.05, 4.69) is 32.9 Å². The quantitative estimate of drug-likeness (QED) is 0.593. The minimum atomic E-state index is -0.938. The second kappa shape index (κ2) is 7.56. The van der Waals surface area contributed by atoms with Gasteiger partial charge >= 0.3 is 5.97 Å². The van der Waals surface area contributed by atoms with Gasteiger partial charge in [0.2, 0.25) is 0 Å². The van der Waals surface area contributed by atoms with Crippen LogP contribution in [0, 0.1) is 6.92 Å². The SMILES string of the molecule is CCOc1ccc(/C(=C/c2ccc(C(C)(C)C)cc2)C(=O)O)c(C)c1. The van der Waals surface area contributed by atoms with E-state index in [-0.39, 0.29) is 11.0 Å². The van der Waals surface area contributed by atoms with Crippen LogP contribution in [-0.4, -0.2) is 17.7 Å². The Morgan fingerprint density at radius 1 is 1.12 bits per heavy atom. The zero-order chi connectivity index (χ0) is 18.6. The highest BCUT2D eigenvalue weighted by Crippen LogP contribution is 2.27. The average Bonchev–Trinajstić information content (AvgIpc) is 2.53. The van der Waals surface area contributed by atoms with Gasteiger partial charge in [0.15, 0.2) is 0 Å². The summed E-state index contributed by atoms with van der Waals surface area (Å²) in [5, 5.41) is 9.67. The van der Waals surface area contributed by atoms with E-state index in [4.69, 9.17) is 4.74 Å². The van der Waals surface area contributed by atoms with Gasteiger partial charge in [0.05, 0.1) is 12.2 Å². The van der Waals surface area contributed by atoms with E-state index in [0.29, 0.717) is 12.2 Å². The predicted octanol–water partition coefficient (Wildman–Crippen LogP) is 5.32. The van der Waals surface area contributed by atoms with Crippen molar-refractivity contribution in [2.24, 2.45) is 0 Å². The summed E-state index contributed by atoms with van der Waals surface area (Å²) in [4.78, 5) is 11.8. The van der Waals surface area contributed by atoms with Crippen molar-refractivity contribution in [3.8, 4) is 5.75 Å². The van der Waals surface area contributed by atoms with E-state index in [0.717, 1.165) is 16.9 Å². The van der Waals surface area contributed by atoms with Crippen LogP contribution in [0.2, 0.25) is 0 Å². The van der Waals surface area contributed by atoms with Crippen LogP contribution in [0.3, 0.4) is 0 Å². The third-order valence-electron chi connectivity index (χ3n) is 4.12. The van der Waals surface area contributed by atoms with E-state index in [1.807, 2.05) is 44.2 Å². The van der Waals surface area contributed by atoms with Crippen LogP contribution in [0.1, 0.15) is 49.9 Å². The van der Waals surface area contributed by atoms with Crippen molar-refractivity contribution in [2.75, 3.05) is 6.61 Å². The maximum absolute atomic E-state index is 11.8. The second-order valence-electron chi connectivity index (χ2n) is 7.14. The number of aryl methyl sites for hydroxylation is 1. The van der Waals surface area contributed by atoms with Crippen LogP contribution in [0.4, 0.5) is 0 Å². The van der Waals surface area contributed by atoms with E-state index in [9.17, 15) is 9.90 Å². The first-order chi connectivity index (χ1) is 11.7. The number of ether oxygens (including phenoxy) is 1. The van der Waals surface area contributed by atoms with Gasteiger partial charge in [0.1, 0.15) is 5.75 Å². The first-order valence-corrected chi connectivity index (χ1v) is 8.51. The zero-order valence-corrected chi connectivity index (χ0v) is 15.6. The normalized spacial score (nSPS) is 12.1. The molecule has 0 radical (unpaired) electrons. The fraction of sp³-hybridized carbons (Fsp3) is 0.318. The topological polar surface area (TPSA) is 46.5 Å². The van der Waals surface area contributed by atoms with Gasteiger partial charge in [-0.1, -0.05) is 51.1 Å². The van der Waals surface area contributed by atoms with Gasteiger partial charge in [-0.2, -0.15) is 0 Å². The average molecular weight is 338 g/mol. The van der Waals surface area contributed by atoms with Gasteiger partial charge in [-0.15, -0.1) is 0 Å². The lowest BCUT2D eigenvalue weighted by Crippen LogP contribution is -2.10. The van der Waals surface area contributed by atoms with E-state index >= 15 is 0 Å². The van der Waals surface area contributed by atoms with Gasteiger partial charge in [-0.25, -0.2) is 4.79 Å².